The predicted molar refractivity (Wildman–Crippen MR) is 76.4 cm³/mol. The van der Waals surface area contributed by atoms with Crippen LogP contribution in [0.3, 0.4) is 0 Å². The zero-order chi connectivity index (χ0) is 14.5. The second-order valence-electron chi connectivity index (χ2n) is 5.01. The summed E-state index contributed by atoms with van der Waals surface area (Å²) in [5.41, 5.74) is 2.08. The van der Waals surface area contributed by atoms with Crippen LogP contribution in [0.15, 0.2) is 36.7 Å². The molecule has 6 nitrogen and oxygen atoms in total. The second kappa shape index (κ2) is 6.29. The number of nitrogens with zero attached hydrogens (tertiary/aromatic N) is 3. The molecule has 0 amide bonds. The van der Waals surface area contributed by atoms with Gasteiger partial charge in [0.25, 0.3) is 5.69 Å². The molecule has 2 aromatic rings. The monoisotopic (exact) mass is 274 g/mol. The molecular weight excluding hydrogens is 256 g/mol. The van der Waals surface area contributed by atoms with E-state index in [-0.39, 0.29) is 10.6 Å². The first-order valence-corrected chi connectivity index (χ1v) is 6.52. The van der Waals surface area contributed by atoms with Crippen molar-refractivity contribution in [1.82, 2.24) is 15.1 Å². The maximum atomic E-state index is 10.7. The average Bonchev–Trinajstić information content (AvgIpc) is 2.84. The van der Waals surface area contributed by atoms with Crippen molar-refractivity contribution >= 4 is 5.69 Å². The fourth-order valence-electron chi connectivity index (χ4n) is 1.86. The number of non-ortho nitro benzene ring substituents is 1. The van der Waals surface area contributed by atoms with Crippen LogP contribution in [0.5, 0.6) is 0 Å². The van der Waals surface area contributed by atoms with Gasteiger partial charge in [0.15, 0.2) is 0 Å². The summed E-state index contributed by atoms with van der Waals surface area (Å²) in [6.45, 7) is 5.48. The van der Waals surface area contributed by atoms with E-state index in [1.54, 1.807) is 16.8 Å². The van der Waals surface area contributed by atoms with Crippen molar-refractivity contribution in [3.63, 3.8) is 0 Å². The van der Waals surface area contributed by atoms with E-state index in [1.165, 1.54) is 6.07 Å². The van der Waals surface area contributed by atoms with E-state index in [4.69, 9.17) is 0 Å². The van der Waals surface area contributed by atoms with E-state index in [9.17, 15) is 10.1 Å². The highest BCUT2D eigenvalue weighted by molar-refractivity contribution is 5.34. The minimum atomic E-state index is -0.384. The van der Waals surface area contributed by atoms with Gasteiger partial charge in [-0.15, -0.1) is 0 Å². The Balaban J connectivity index is 2.03. The van der Waals surface area contributed by atoms with Crippen LogP contribution in [0.2, 0.25) is 0 Å². The molecule has 1 N–H and O–H groups in total. The lowest BCUT2D eigenvalue weighted by molar-refractivity contribution is -0.384. The summed E-state index contributed by atoms with van der Waals surface area (Å²) in [4.78, 5) is 10.3. The third-order valence-electron chi connectivity index (χ3n) is 2.87. The van der Waals surface area contributed by atoms with Crippen LogP contribution in [-0.2, 0) is 13.1 Å². The lowest BCUT2D eigenvalue weighted by Crippen LogP contribution is -2.21. The lowest BCUT2D eigenvalue weighted by atomic mass is 10.2. The van der Waals surface area contributed by atoms with Gasteiger partial charge in [-0.05, 0) is 5.56 Å². The van der Waals surface area contributed by atoms with Crippen molar-refractivity contribution in [1.29, 1.82) is 0 Å². The lowest BCUT2D eigenvalue weighted by Gasteiger charge is -2.05. The molecule has 0 unspecified atom stereocenters. The van der Waals surface area contributed by atoms with Crippen molar-refractivity contribution in [3.8, 4) is 0 Å². The van der Waals surface area contributed by atoms with Gasteiger partial charge in [0, 0.05) is 36.5 Å². The molecule has 2 rings (SSSR count). The number of hydrogen-bond donors (Lipinski definition) is 1. The van der Waals surface area contributed by atoms with Gasteiger partial charge in [0.05, 0.1) is 17.7 Å². The van der Waals surface area contributed by atoms with Gasteiger partial charge in [-0.25, -0.2) is 0 Å². The topological polar surface area (TPSA) is 73.0 Å². The summed E-state index contributed by atoms with van der Waals surface area (Å²) in [5, 5.41) is 18.3. The highest BCUT2D eigenvalue weighted by atomic mass is 16.6. The van der Waals surface area contributed by atoms with E-state index in [2.05, 4.69) is 24.3 Å². The Bertz CT molecular complexity index is 592. The summed E-state index contributed by atoms with van der Waals surface area (Å²) in [6.07, 6.45) is 3.76. The molecule has 0 bridgehead atoms. The van der Waals surface area contributed by atoms with Crippen molar-refractivity contribution in [2.45, 2.75) is 33.0 Å². The first kappa shape index (κ1) is 14.2. The molecule has 0 aliphatic carbocycles. The molecule has 1 aromatic carbocycles. The van der Waals surface area contributed by atoms with Crippen LogP contribution in [0.4, 0.5) is 5.69 Å². The normalized spacial score (nSPS) is 10.9. The number of aromatic nitrogens is 2. The Morgan fingerprint density at radius 3 is 2.90 bits per heavy atom. The molecule has 1 heterocycles. The van der Waals surface area contributed by atoms with E-state index in [0.29, 0.717) is 12.6 Å². The molecule has 0 spiro atoms. The smallest absolute Gasteiger partial charge is 0.269 e. The minimum Gasteiger partial charge on any atom is -0.310 e. The Labute approximate surface area is 117 Å². The molecule has 0 atom stereocenters. The largest absolute Gasteiger partial charge is 0.310 e. The molecule has 1 aromatic heterocycles. The highest BCUT2D eigenvalue weighted by Crippen LogP contribution is 2.14. The van der Waals surface area contributed by atoms with Gasteiger partial charge >= 0.3 is 0 Å². The van der Waals surface area contributed by atoms with Crippen molar-refractivity contribution in [2.24, 2.45) is 0 Å². The third-order valence-corrected chi connectivity index (χ3v) is 2.87. The van der Waals surface area contributed by atoms with Crippen molar-refractivity contribution in [3.05, 3.63) is 57.9 Å². The summed E-state index contributed by atoms with van der Waals surface area (Å²) >= 11 is 0. The van der Waals surface area contributed by atoms with Crippen molar-refractivity contribution < 1.29 is 4.92 Å². The Morgan fingerprint density at radius 1 is 1.40 bits per heavy atom. The molecule has 0 aliphatic rings. The Kier molecular flexibility index (Phi) is 4.47. The fourth-order valence-corrected chi connectivity index (χ4v) is 1.86. The van der Waals surface area contributed by atoms with Crippen LogP contribution in [0, 0.1) is 10.1 Å². The fraction of sp³-hybridized carbons (Fsp3) is 0.357. The van der Waals surface area contributed by atoms with Crippen molar-refractivity contribution in [2.75, 3.05) is 0 Å². The number of hydrogen-bond acceptors (Lipinski definition) is 4. The van der Waals surface area contributed by atoms with Gasteiger partial charge in [0.2, 0.25) is 0 Å². The number of benzene rings is 1. The molecule has 0 saturated heterocycles. The van der Waals surface area contributed by atoms with E-state index in [1.807, 2.05) is 18.5 Å². The van der Waals surface area contributed by atoms with Gasteiger partial charge in [-0.1, -0.05) is 26.0 Å². The van der Waals surface area contributed by atoms with Gasteiger partial charge in [-0.2, -0.15) is 5.10 Å². The first-order valence-electron chi connectivity index (χ1n) is 6.52. The molecule has 0 fully saturated rings. The third kappa shape index (κ3) is 3.89. The minimum absolute atomic E-state index is 0.108. The number of nitro benzene ring substituents is 1. The average molecular weight is 274 g/mol. The zero-order valence-electron chi connectivity index (χ0n) is 11.6. The number of nitro groups is 1. The zero-order valence-corrected chi connectivity index (χ0v) is 11.6. The first-order chi connectivity index (χ1) is 9.54. The molecular formula is C14H18N4O2. The van der Waals surface area contributed by atoms with Gasteiger partial charge < -0.3 is 5.32 Å². The standard InChI is InChI=1S/C14H18N4O2/c1-11(2)15-7-13-8-16-17(10-13)9-12-4-3-5-14(6-12)18(19)20/h3-6,8,10-11,15H,7,9H2,1-2H3. The van der Waals surface area contributed by atoms with Crippen LogP contribution >= 0.6 is 0 Å². The van der Waals surface area contributed by atoms with Crippen LogP contribution in [-0.4, -0.2) is 20.7 Å². The Hall–Kier alpha value is -2.21. The molecule has 20 heavy (non-hydrogen) atoms. The summed E-state index contributed by atoms with van der Waals surface area (Å²) < 4.78 is 1.79. The number of rotatable bonds is 6. The summed E-state index contributed by atoms with van der Waals surface area (Å²) in [6, 6.07) is 7.05. The predicted octanol–water partition coefficient (Wildman–Crippen LogP) is 2.34. The summed E-state index contributed by atoms with van der Waals surface area (Å²) in [5.74, 6) is 0. The number of nitrogens with one attached hydrogen (secondary N) is 1. The van der Waals surface area contributed by atoms with Crippen LogP contribution in [0.25, 0.3) is 0 Å². The summed E-state index contributed by atoms with van der Waals surface area (Å²) in [7, 11) is 0. The van der Waals surface area contributed by atoms with E-state index < -0.39 is 0 Å². The molecule has 0 saturated carbocycles. The maximum Gasteiger partial charge on any atom is 0.269 e. The quantitative estimate of drug-likeness (QED) is 0.648. The highest BCUT2D eigenvalue weighted by Gasteiger charge is 2.06. The van der Waals surface area contributed by atoms with Gasteiger partial charge in [0.1, 0.15) is 0 Å². The van der Waals surface area contributed by atoms with E-state index >= 15 is 0 Å². The second-order valence-corrected chi connectivity index (χ2v) is 5.01. The maximum absolute atomic E-state index is 10.7. The molecule has 0 aliphatic heterocycles. The van der Waals surface area contributed by atoms with Gasteiger partial charge in [-0.3, -0.25) is 14.8 Å². The van der Waals surface area contributed by atoms with Crippen LogP contribution < -0.4 is 5.32 Å². The SMILES string of the molecule is CC(C)NCc1cnn(Cc2cccc([N+](=O)[O-])c2)c1. The van der Waals surface area contributed by atoms with Crippen LogP contribution in [0.1, 0.15) is 25.0 Å². The molecule has 0 radical (unpaired) electrons. The van der Waals surface area contributed by atoms with E-state index in [0.717, 1.165) is 17.7 Å². The molecule has 106 valence electrons. The molecule has 6 heteroatoms. The Morgan fingerprint density at radius 2 is 2.20 bits per heavy atom.